The first-order valence-electron chi connectivity index (χ1n) is 8.86. The molecule has 3 aromatic rings. The van der Waals surface area contributed by atoms with Gasteiger partial charge in [0.25, 0.3) is 0 Å². The average molecular weight is 364 g/mol. The molecule has 0 saturated carbocycles. The molecule has 1 aliphatic rings. The topological polar surface area (TPSA) is 69.4 Å². The molecule has 2 aromatic carbocycles. The minimum atomic E-state index is -0.378. The summed E-state index contributed by atoms with van der Waals surface area (Å²) in [6.45, 7) is 0.714. The molecule has 7 nitrogen and oxygen atoms in total. The highest BCUT2D eigenvalue weighted by Gasteiger charge is 2.33. The molecule has 27 heavy (non-hydrogen) atoms. The van der Waals surface area contributed by atoms with Crippen molar-refractivity contribution in [1.82, 2.24) is 14.3 Å². The quantitative estimate of drug-likeness (QED) is 0.674. The van der Waals surface area contributed by atoms with Crippen molar-refractivity contribution in [3.8, 4) is 5.75 Å². The van der Waals surface area contributed by atoms with Gasteiger partial charge in [-0.2, -0.15) is 9.67 Å². The molecule has 0 saturated heterocycles. The van der Waals surface area contributed by atoms with Crippen molar-refractivity contribution in [2.75, 3.05) is 12.0 Å². The number of carbonyl (C=O) groups excluding carboxylic acids is 1. The van der Waals surface area contributed by atoms with Crippen molar-refractivity contribution < 1.29 is 9.53 Å². The highest BCUT2D eigenvalue weighted by molar-refractivity contribution is 5.95. The second kappa shape index (κ2) is 7.11. The minimum Gasteiger partial charge on any atom is -0.497 e. The van der Waals surface area contributed by atoms with E-state index in [1.54, 1.807) is 18.1 Å². The van der Waals surface area contributed by atoms with Crippen LogP contribution < -0.4 is 15.3 Å². The molecule has 0 fully saturated rings. The Labute approximate surface area is 156 Å². The van der Waals surface area contributed by atoms with Crippen LogP contribution in [0.2, 0.25) is 0 Å². The summed E-state index contributed by atoms with van der Waals surface area (Å²) in [6, 6.07) is 17.1. The van der Waals surface area contributed by atoms with Crippen LogP contribution in [0.1, 0.15) is 17.8 Å². The second-order valence-electron chi connectivity index (χ2n) is 6.40. The zero-order valence-electron chi connectivity index (χ0n) is 15.0. The molecule has 0 unspecified atom stereocenters. The number of aryl methyl sites for hydroxylation is 1. The third-order valence-electron chi connectivity index (χ3n) is 4.69. The first kappa shape index (κ1) is 17.1. The number of carbonyl (C=O) groups is 1. The zero-order chi connectivity index (χ0) is 18.8. The van der Waals surface area contributed by atoms with E-state index in [2.05, 4.69) is 17.1 Å². The fourth-order valence-corrected chi connectivity index (χ4v) is 3.33. The SMILES string of the molecule is COc1cccc(N2Cc3nc(=O)n(CCCc4ccccc4)n3C2=O)c1. The molecule has 0 aliphatic carbocycles. The lowest BCUT2D eigenvalue weighted by molar-refractivity contribution is 0.243. The van der Waals surface area contributed by atoms with Gasteiger partial charge >= 0.3 is 11.7 Å². The summed E-state index contributed by atoms with van der Waals surface area (Å²) in [4.78, 5) is 30.8. The van der Waals surface area contributed by atoms with Gasteiger partial charge in [-0.25, -0.2) is 14.3 Å². The van der Waals surface area contributed by atoms with Crippen molar-refractivity contribution >= 4 is 11.7 Å². The Morgan fingerprint density at radius 3 is 2.67 bits per heavy atom. The van der Waals surface area contributed by atoms with Gasteiger partial charge in [-0.05, 0) is 30.5 Å². The van der Waals surface area contributed by atoms with Gasteiger partial charge in [-0.3, -0.25) is 4.90 Å². The van der Waals surface area contributed by atoms with Gasteiger partial charge in [-0.15, -0.1) is 0 Å². The zero-order valence-corrected chi connectivity index (χ0v) is 15.0. The lowest BCUT2D eigenvalue weighted by Gasteiger charge is -2.16. The Morgan fingerprint density at radius 2 is 1.89 bits per heavy atom. The number of benzene rings is 2. The largest absolute Gasteiger partial charge is 0.497 e. The minimum absolute atomic E-state index is 0.271. The molecule has 0 radical (unpaired) electrons. The van der Waals surface area contributed by atoms with E-state index in [1.165, 1.54) is 14.9 Å². The van der Waals surface area contributed by atoms with E-state index >= 15 is 0 Å². The van der Waals surface area contributed by atoms with Crippen molar-refractivity contribution in [3.05, 3.63) is 76.5 Å². The normalized spacial score (nSPS) is 13.1. The summed E-state index contributed by atoms with van der Waals surface area (Å²) >= 11 is 0. The number of hydrogen-bond donors (Lipinski definition) is 0. The maximum absolute atomic E-state index is 12.9. The number of nitrogens with zero attached hydrogens (tertiary/aromatic N) is 4. The second-order valence-corrected chi connectivity index (χ2v) is 6.40. The third kappa shape index (κ3) is 3.23. The van der Waals surface area contributed by atoms with Crippen molar-refractivity contribution in [2.45, 2.75) is 25.9 Å². The fourth-order valence-electron chi connectivity index (χ4n) is 3.33. The van der Waals surface area contributed by atoms with Gasteiger partial charge in [0.2, 0.25) is 0 Å². The van der Waals surface area contributed by atoms with Crippen LogP contribution in [0.25, 0.3) is 0 Å². The number of rotatable bonds is 6. The maximum Gasteiger partial charge on any atom is 0.364 e. The van der Waals surface area contributed by atoms with Gasteiger partial charge in [0.1, 0.15) is 5.75 Å². The van der Waals surface area contributed by atoms with Crippen LogP contribution in [0.15, 0.2) is 59.4 Å². The Balaban J connectivity index is 1.53. The van der Waals surface area contributed by atoms with Gasteiger partial charge in [0.05, 0.1) is 13.7 Å². The van der Waals surface area contributed by atoms with E-state index in [9.17, 15) is 9.59 Å². The van der Waals surface area contributed by atoms with Crippen LogP contribution >= 0.6 is 0 Å². The van der Waals surface area contributed by atoms with Crippen LogP contribution in [0, 0.1) is 0 Å². The smallest absolute Gasteiger partial charge is 0.364 e. The summed E-state index contributed by atoms with van der Waals surface area (Å²) in [7, 11) is 1.58. The van der Waals surface area contributed by atoms with E-state index in [-0.39, 0.29) is 18.3 Å². The van der Waals surface area contributed by atoms with E-state index < -0.39 is 0 Å². The number of anilines is 1. The van der Waals surface area contributed by atoms with E-state index in [0.29, 0.717) is 23.8 Å². The summed E-state index contributed by atoms with van der Waals surface area (Å²) in [5.74, 6) is 1.14. The third-order valence-corrected chi connectivity index (χ3v) is 4.69. The Kier molecular flexibility index (Phi) is 4.50. The molecule has 4 rings (SSSR count). The molecule has 1 aliphatic heterocycles. The highest BCUT2D eigenvalue weighted by Crippen LogP contribution is 2.26. The molecule has 0 N–H and O–H groups in total. The van der Waals surface area contributed by atoms with Crippen LogP contribution in [0.4, 0.5) is 10.5 Å². The molecule has 7 heteroatoms. The molecule has 0 spiro atoms. The van der Waals surface area contributed by atoms with E-state index in [0.717, 1.165) is 12.8 Å². The van der Waals surface area contributed by atoms with Crippen LogP contribution in [0.5, 0.6) is 5.75 Å². The Morgan fingerprint density at radius 1 is 1.07 bits per heavy atom. The summed E-state index contributed by atoms with van der Waals surface area (Å²) in [5.41, 5.74) is 1.54. The van der Waals surface area contributed by atoms with Gasteiger partial charge in [0, 0.05) is 18.3 Å². The lowest BCUT2D eigenvalue weighted by Crippen LogP contribution is -2.34. The summed E-state index contributed by atoms with van der Waals surface area (Å²) < 4.78 is 8.06. The first-order chi connectivity index (χ1) is 13.2. The number of hydrogen-bond acceptors (Lipinski definition) is 4. The monoisotopic (exact) mass is 364 g/mol. The predicted molar refractivity (Wildman–Crippen MR) is 101 cm³/mol. The predicted octanol–water partition coefficient (Wildman–Crippen LogP) is 2.67. The summed E-state index contributed by atoms with van der Waals surface area (Å²) in [5, 5.41) is 0. The summed E-state index contributed by atoms with van der Waals surface area (Å²) in [6.07, 6.45) is 1.59. The maximum atomic E-state index is 12.9. The lowest BCUT2D eigenvalue weighted by atomic mass is 10.1. The fraction of sp³-hybridized carbons (Fsp3) is 0.250. The average Bonchev–Trinajstić information content (AvgIpc) is 3.18. The number of methoxy groups -OCH3 is 1. The van der Waals surface area contributed by atoms with Crippen LogP contribution in [-0.4, -0.2) is 27.5 Å². The Bertz CT molecular complexity index is 1020. The molecule has 0 bridgehead atoms. The van der Waals surface area contributed by atoms with Gasteiger partial charge < -0.3 is 4.74 Å². The van der Waals surface area contributed by atoms with Crippen molar-refractivity contribution in [2.24, 2.45) is 0 Å². The van der Waals surface area contributed by atoms with Crippen LogP contribution in [0.3, 0.4) is 0 Å². The number of amides is 1. The number of aromatic nitrogens is 3. The standard InChI is InChI=1S/C20H20N4O3/c1-27-17-11-5-10-16(13-17)22-14-18-21-19(25)23(24(18)20(22)26)12-6-9-15-7-3-2-4-8-15/h2-5,7-8,10-11,13H,6,9,12,14H2,1H3. The van der Waals surface area contributed by atoms with Crippen LogP contribution in [-0.2, 0) is 19.5 Å². The molecule has 1 aromatic heterocycles. The molecular weight excluding hydrogens is 344 g/mol. The van der Waals surface area contributed by atoms with Gasteiger partial charge in [-0.1, -0.05) is 36.4 Å². The highest BCUT2D eigenvalue weighted by atomic mass is 16.5. The molecule has 2 heterocycles. The number of ether oxygens (including phenoxy) is 1. The number of fused-ring (bicyclic) bond motifs is 1. The molecular formula is C20H20N4O3. The molecule has 138 valence electrons. The molecule has 0 atom stereocenters. The van der Waals surface area contributed by atoms with E-state index in [4.69, 9.17) is 4.74 Å². The first-order valence-corrected chi connectivity index (χ1v) is 8.86. The molecule has 1 amide bonds. The van der Waals surface area contributed by atoms with E-state index in [1.807, 2.05) is 36.4 Å². The van der Waals surface area contributed by atoms with Crippen molar-refractivity contribution in [3.63, 3.8) is 0 Å². The van der Waals surface area contributed by atoms with Gasteiger partial charge in [0.15, 0.2) is 5.82 Å². The van der Waals surface area contributed by atoms with Crippen molar-refractivity contribution in [1.29, 1.82) is 0 Å². The Hall–Kier alpha value is -3.35.